The highest BCUT2D eigenvalue weighted by atomic mass is 32.2. The molecule has 0 spiro atoms. The van der Waals surface area contributed by atoms with Gasteiger partial charge in [0.05, 0.1) is 18.8 Å². The SMILES string of the molecule is C=CCN1C(=O)NC(C)C(Cc2nnc(SCC(=O)Nc3cccc(OC)c3)o2)C1=O. The van der Waals surface area contributed by atoms with E-state index in [0.29, 0.717) is 11.4 Å². The molecule has 2 N–H and O–H groups in total. The fourth-order valence-corrected chi connectivity index (χ4v) is 3.63. The second kappa shape index (κ2) is 10.1. The first kappa shape index (κ1) is 22.3. The average Bonchev–Trinajstić information content (AvgIpc) is 3.20. The summed E-state index contributed by atoms with van der Waals surface area (Å²) in [6.45, 7) is 5.45. The number of rotatable bonds is 9. The summed E-state index contributed by atoms with van der Waals surface area (Å²) < 4.78 is 10.7. The lowest BCUT2D eigenvalue weighted by Gasteiger charge is -2.34. The number of carbonyl (C=O) groups is 3. The molecule has 0 radical (unpaired) electrons. The fraction of sp³-hybridized carbons (Fsp3) is 0.350. The van der Waals surface area contributed by atoms with E-state index in [1.807, 2.05) is 0 Å². The van der Waals surface area contributed by atoms with Crippen molar-refractivity contribution in [3.63, 3.8) is 0 Å². The molecule has 2 atom stereocenters. The maximum Gasteiger partial charge on any atom is 0.324 e. The highest BCUT2D eigenvalue weighted by Crippen LogP contribution is 2.23. The topological polar surface area (TPSA) is 127 Å². The highest BCUT2D eigenvalue weighted by Gasteiger charge is 2.39. The molecule has 31 heavy (non-hydrogen) atoms. The number of imide groups is 1. The minimum absolute atomic E-state index is 0.0702. The van der Waals surface area contributed by atoms with Crippen LogP contribution in [0.2, 0.25) is 0 Å². The van der Waals surface area contributed by atoms with Crippen LogP contribution in [0.3, 0.4) is 0 Å². The Labute approximate surface area is 183 Å². The first-order valence-electron chi connectivity index (χ1n) is 9.53. The van der Waals surface area contributed by atoms with Gasteiger partial charge in [0, 0.05) is 30.8 Å². The van der Waals surface area contributed by atoms with Crippen LogP contribution < -0.4 is 15.4 Å². The van der Waals surface area contributed by atoms with E-state index in [9.17, 15) is 14.4 Å². The Morgan fingerprint density at radius 1 is 1.42 bits per heavy atom. The van der Waals surface area contributed by atoms with Crippen molar-refractivity contribution in [1.29, 1.82) is 0 Å². The summed E-state index contributed by atoms with van der Waals surface area (Å²) in [6.07, 6.45) is 1.67. The number of nitrogens with one attached hydrogen (secondary N) is 2. The van der Waals surface area contributed by atoms with Crippen molar-refractivity contribution >= 4 is 35.3 Å². The van der Waals surface area contributed by atoms with Crippen molar-refractivity contribution < 1.29 is 23.5 Å². The molecule has 1 fully saturated rings. The maximum atomic E-state index is 12.6. The quantitative estimate of drug-likeness (QED) is 0.444. The van der Waals surface area contributed by atoms with E-state index < -0.39 is 11.9 Å². The van der Waals surface area contributed by atoms with Gasteiger partial charge < -0.3 is 19.8 Å². The van der Waals surface area contributed by atoms with Gasteiger partial charge in [-0.15, -0.1) is 16.8 Å². The Bertz CT molecular complexity index is 978. The normalized spacial score (nSPS) is 18.5. The molecule has 4 amide bonds. The van der Waals surface area contributed by atoms with E-state index in [2.05, 4.69) is 27.4 Å². The number of urea groups is 1. The second-order valence-corrected chi connectivity index (χ2v) is 7.74. The van der Waals surface area contributed by atoms with E-state index in [4.69, 9.17) is 9.15 Å². The summed E-state index contributed by atoms with van der Waals surface area (Å²) in [6, 6.07) is 6.20. The zero-order valence-electron chi connectivity index (χ0n) is 17.2. The molecule has 1 aliphatic rings. The number of benzene rings is 1. The van der Waals surface area contributed by atoms with Crippen LogP contribution >= 0.6 is 11.8 Å². The molecule has 0 saturated carbocycles. The molecule has 0 bridgehead atoms. The van der Waals surface area contributed by atoms with Gasteiger partial charge in [-0.2, -0.15) is 0 Å². The smallest absolute Gasteiger partial charge is 0.324 e. The molecule has 1 aromatic heterocycles. The van der Waals surface area contributed by atoms with Crippen molar-refractivity contribution in [3.05, 3.63) is 42.8 Å². The molecule has 1 aromatic carbocycles. The number of anilines is 1. The highest BCUT2D eigenvalue weighted by molar-refractivity contribution is 7.99. The number of ether oxygens (including phenoxy) is 1. The van der Waals surface area contributed by atoms with E-state index in [1.54, 1.807) is 38.3 Å². The van der Waals surface area contributed by atoms with Crippen LogP contribution in [0, 0.1) is 5.92 Å². The number of amides is 4. The van der Waals surface area contributed by atoms with Crippen molar-refractivity contribution in [2.24, 2.45) is 5.92 Å². The monoisotopic (exact) mass is 445 g/mol. The Kier molecular flexibility index (Phi) is 7.29. The molecule has 10 nitrogen and oxygen atoms in total. The van der Waals surface area contributed by atoms with Crippen LogP contribution in [0.5, 0.6) is 5.75 Å². The first-order chi connectivity index (χ1) is 14.9. The molecular formula is C20H23N5O5S. The van der Waals surface area contributed by atoms with E-state index in [-0.39, 0.29) is 47.7 Å². The molecule has 3 rings (SSSR count). The zero-order chi connectivity index (χ0) is 22.4. The number of hydrogen-bond acceptors (Lipinski definition) is 8. The Morgan fingerprint density at radius 2 is 2.23 bits per heavy atom. The van der Waals surface area contributed by atoms with Gasteiger partial charge >= 0.3 is 6.03 Å². The van der Waals surface area contributed by atoms with Crippen LogP contribution in [0.25, 0.3) is 0 Å². The van der Waals surface area contributed by atoms with Crippen LogP contribution in [0.4, 0.5) is 10.5 Å². The van der Waals surface area contributed by atoms with Gasteiger partial charge in [-0.25, -0.2) is 4.79 Å². The molecule has 11 heteroatoms. The predicted molar refractivity (Wildman–Crippen MR) is 114 cm³/mol. The molecule has 2 aromatic rings. The Morgan fingerprint density at radius 3 is 2.97 bits per heavy atom. The van der Waals surface area contributed by atoms with Crippen molar-refractivity contribution in [3.8, 4) is 5.75 Å². The molecule has 1 aliphatic heterocycles. The molecule has 2 heterocycles. The summed E-state index contributed by atoms with van der Waals surface area (Å²) in [5.74, 6) is -0.122. The van der Waals surface area contributed by atoms with E-state index in [0.717, 1.165) is 16.7 Å². The van der Waals surface area contributed by atoms with Crippen molar-refractivity contribution in [2.45, 2.75) is 24.6 Å². The average molecular weight is 446 g/mol. The molecule has 2 unspecified atom stereocenters. The van der Waals surface area contributed by atoms with E-state index >= 15 is 0 Å². The maximum absolute atomic E-state index is 12.6. The van der Waals surface area contributed by atoms with Crippen molar-refractivity contribution in [1.82, 2.24) is 20.4 Å². The number of thioether (sulfide) groups is 1. The van der Waals surface area contributed by atoms with Gasteiger partial charge in [0.25, 0.3) is 5.22 Å². The third-order valence-corrected chi connectivity index (χ3v) is 5.44. The number of aromatic nitrogens is 2. The number of methoxy groups -OCH3 is 1. The predicted octanol–water partition coefficient (Wildman–Crippen LogP) is 2.09. The van der Waals surface area contributed by atoms with Crippen LogP contribution in [-0.4, -0.2) is 58.4 Å². The lowest BCUT2D eigenvalue weighted by molar-refractivity contribution is -0.134. The second-order valence-electron chi connectivity index (χ2n) is 6.82. The number of nitrogens with zero attached hydrogens (tertiary/aromatic N) is 3. The lowest BCUT2D eigenvalue weighted by Crippen LogP contribution is -2.59. The van der Waals surface area contributed by atoms with Crippen molar-refractivity contribution in [2.75, 3.05) is 24.7 Å². The first-order valence-corrected chi connectivity index (χ1v) is 10.5. The molecule has 164 valence electrons. The third kappa shape index (κ3) is 5.63. The Hall–Kier alpha value is -3.34. The van der Waals surface area contributed by atoms with Crippen LogP contribution in [0.1, 0.15) is 12.8 Å². The summed E-state index contributed by atoms with van der Waals surface area (Å²) >= 11 is 1.09. The summed E-state index contributed by atoms with van der Waals surface area (Å²) in [7, 11) is 1.55. The van der Waals surface area contributed by atoms with Gasteiger partial charge in [-0.1, -0.05) is 23.9 Å². The third-order valence-electron chi connectivity index (χ3n) is 4.62. The Balaban J connectivity index is 1.55. The van der Waals surface area contributed by atoms with Gasteiger partial charge in [-0.3, -0.25) is 14.5 Å². The largest absolute Gasteiger partial charge is 0.497 e. The van der Waals surface area contributed by atoms with Gasteiger partial charge in [0.2, 0.25) is 17.7 Å². The number of hydrogen-bond donors (Lipinski definition) is 2. The minimum Gasteiger partial charge on any atom is -0.497 e. The number of carbonyl (C=O) groups excluding carboxylic acids is 3. The summed E-state index contributed by atoms with van der Waals surface area (Å²) in [5, 5.41) is 13.6. The minimum atomic E-state index is -0.535. The van der Waals surface area contributed by atoms with E-state index in [1.165, 1.54) is 6.08 Å². The lowest BCUT2D eigenvalue weighted by atomic mass is 9.93. The summed E-state index contributed by atoms with van der Waals surface area (Å²) in [4.78, 5) is 37.9. The molecule has 1 saturated heterocycles. The van der Waals surface area contributed by atoms with Crippen LogP contribution in [-0.2, 0) is 16.0 Å². The fourth-order valence-electron chi connectivity index (χ4n) is 3.05. The molecular weight excluding hydrogens is 422 g/mol. The van der Waals surface area contributed by atoms with Crippen LogP contribution in [0.15, 0.2) is 46.6 Å². The van der Waals surface area contributed by atoms with Gasteiger partial charge in [0.15, 0.2) is 0 Å². The van der Waals surface area contributed by atoms with Gasteiger partial charge in [0.1, 0.15) is 5.75 Å². The molecule has 0 aliphatic carbocycles. The standard InChI is InChI=1S/C20H23N5O5S/c1-4-8-25-18(27)15(12(2)21-19(25)28)10-17-23-24-20(30-17)31-11-16(26)22-13-6-5-7-14(9-13)29-3/h4-7,9,12,15H,1,8,10-11H2,2-3H3,(H,21,28)(H,22,26). The zero-order valence-corrected chi connectivity index (χ0v) is 18.0. The van der Waals surface area contributed by atoms with Gasteiger partial charge in [-0.05, 0) is 19.1 Å². The summed E-state index contributed by atoms with van der Waals surface area (Å²) in [5.41, 5.74) is 0.618.